The summed E-state index contributed by atoms with van der Waals surface area (Å²) in [5.74, 6) is 2.67. The van der Waals surface area contributed by atoms with Crippen LogP contribution in [0, 0.1) is 23.6 Å². The van der Waals surface area contributed by atoms with Crippen LogP contribution in [-0.2, 0) is 0 Å². The molecule has 1 aromatic carbocycles. The average Bonchev–Trinajstić information content (AvgIpc) is 2.98. The molecule has 0 spiro atoms. The van der Waals surface area contributed by atoms with Crippen molar-refractivity contribution in [2.75, 3.05) is 6.54 Å². The first-order chi connectivity index (χ1) is 8.74. The smallest absolute Gasteiger partial charge is 0.127 e. The Bertz CT molecular complexity index is 417. The van der Waals surface area contributed by atoms with E-state index in [-0.39, 0.29) is 11.9 Å². The molecule has 2 aliphatic rings. The predicted octanol–water partition coefficient (Wildman–Crippen LogP) is 3.91. The summed E-state index contributed by atoms with van der Waals surface area (Å²) < 4.78 is 13.7. The summed E-state index contributed by atoms with van der Waals surface area (Å²) in [5, 5.41) is 3.53. The Kier molecular flexibility index (Phi) is 3.38. The van der Waals surface area contributed by atoms with Crippen molar-refractivity contribution in [1.29, 1.82) is 0 Å². The van der Waals surface area contributed by atoms with E-state index in [0.29, 0.717) is 0 Å². The Hall–Kier alpha value is -0.890. The van der Waals surface area contributed by atoms with Gasteiger partial charge in [0.25, 0.3) is 0 Å². The maximum Gasteiger partial charge on any atom is 0.127 e. The van der Waals surface area contributed by atoms with Gasteiger partial charge in [-0.25, -0.2) is 4.39 Å². The third-order valence-corrected chi connectivity index (χ3v) is 4.94. The molecule has 1 nitrogen and oxygen atoms in total. The van der Waals surface area contributed by atoms with Crippen LogP contribution in [0.3, 0.4) is 0 Å². The van der Waals surface area contributed by atoms with Crippen LogP contribution in [-0.4, -0.2) is 6.54 Å². The first-order valence-corrected chi connectivity index (χ1v) is 7.22. The third kappa shape index (κ3) is 2.31. The largest absolute Gasteiger partial charge is 0.310 e. The van der Waals surface area contributed by atoms with Crippen molar-refractivity contribution in [2.45, 2.75) is 38.6 Å². The van der Waals surface area contributed by atoms with Crippen molar-refractivity contribution < 1.29 is 4.39 Å². The second-order valence-electron chi connectivity index (χ2n) is 6.09. The van der Waals surface area contributed by atoms with Crippen LogP contribution in [0.4, 0.5) is 4.39 Å². The van der Waals surface area contributed by atoms with Gasteiger partial charge in [-0.15, -0.1) is 0 Å². The zero-order valence-electron chi connectivity index (χ0n) is 11.0. The quantitative estimate of drug-likeness (QED) is 0.850. The standard InChI is InChI=1S/C16H22FN/c1-11(15-4-2-3-5-16(15)17)18-10-14-9-12-6-7-13(14)8-12/h2-5,11-14,18H,6-10H2,1H3. The van der Waals surface area contributed by atoms with Crippen molar-refractivity contribution in [3.8, 4) is 0 Å². The van der Waals surface area contributed by atoms with E-state index in [4.69, 9.17) is 0 Å². The van der Waals surface area contributed by atoms with E-state index in [1.807, 2.05) is 12.1 Å². The molecule has 2 saturated carbocycles. The van der Waals surface area contributed by atoms with Gasteiger partial charge in [0, 0.05) is 11.6 Å². The average molecular weight is 247 g/mol. The Morgan fingerprint density at radius 1 is 1.28 bits per heavy atom. The van der Waals surface area contributed by atoms with Gasteiger partial charge >= 0.3 is 0 Å². The highest BCUT2D eigenvalue weighted by molar-refractivity contribution is 5.20. The van der Waals surface area contributed by atoms with E-state index in [0.717, 1.165) is 29.9 Å². The molecule has 3 rings (SSSR count). The zero-order chi connectivity index (χ0) is 12.5. The third-order valence-electron chi connectivity index (χ3n) is 4.94. The Balaban J connectivity index is 1.56. The molecule has 2 aliphatic carbocycles. The SMILES string of the molecule is CC(NCC1CC2CCC1C2)c1ccccc1F. The summed E-state index contributed by atoms with van der Waals surface area (Å²) >= 11 is 0. The summed E-state index contributed by atoms with van der Waals surface area (Å²) in [6.07, 6.45) is 5.71. The lowest BCUT2D eigenvalue weighted by atomic mass is 9.88. The second kappa shape index (κ2) is 5.00. The lowest BCUT2D eigenvalue weighted by Gasteiger charge is -2.24. The highest BCUT2D eigenvalue weighted by Crippen LogP contribution is 2.48. The molecule has 0 aromatic heterocycles. The molecule has 2 heteroatoms. The summed E-state index contributed by atoms with van der Waals surface area (Å²) in [6.45, 7) is 3.11. The molecule has 4 unspecified atom stereocenters. The minimum absolute atomic E-state index is 0.0922. The van der Waals surface area contributed by atoms with Gasteiger partial charge in [-0.2, -0.15) is 0 Å². The monoisotopic (exact) mass is 247 g/mol. The van der Waals surface area contributed by atoms with Gasteiger partial charge < -0.3 is 5.32 Å². The maximum atomic E-state index is 13.7. The topological polar surface area (TPSA) is 12.0 Å². The van der Waals surface area contributed by atoms with E-state index < -0.39 is 0 Å². The molecule has 0 radical (unpaired) electrons. The van der Waals surface area contributed by atoms with Crippen molar-refractivity contribution in [3.63, 3.8) is 0 Å². The van der Waals surface area contributed by atoms with E-state index >= 15 is 0 Å². The molecule has 1 N–H and O–H groups in total. The number of hydrogen-bond acceptors (Lipinski definition) is 1. The molecule has 0 saturated heterocycles. The van der Waals surface area contributed by atoms with Crippen molar-refractivity contribution >= 4 is 0 Å². The van der Waals surface area contributed by atoms with Crippen LogP contribution in [0.5, 0.6) is 0 Å². The number of benzene rings is 1. The molecule has 0 heterocycles. The predicted molar refractivity (Wildman–Crippen MR) is 71.8 cm³/mol. The van der Waals surface area contributed by atoms with Crippen LogP contribution in [0.2, 0.25) is 0 Å². The number of hydrogen-bond donors (Lipinski definition) is 1. The minimum atomic E-state index is -0.0922. The van der Waals surface area contributed by atoms with Crippen molar-refractivity contribution in [2.24, 2.45) is 17.8 Å². The van der Waals surface area contributed by atoms with Gasteiger partial charge in [-0.3, -0.25) is 0 Å². The lowest BCUT2D eigenvalue weighted by Crippen LogP contribution is -2.29. The summed E-state index contributed by atoms with van der Waals surface area (Å²) in [5.41, 5.74) is 0.792. The highest BCUT2D eigenvalue weighted by atomic mass is 19.1. The highest BCUT2D eigenvalue weighted by Gasteiger charge is 2.39. The van der Waals surface area contributed by atoms with E-state index in [2.05, 4.69) is 12.2 Å². The van der Waals surface area contributed by atoms with Gasteiger partial charge in [0.2, 0.25) is 0 Å². The normalized spacial score (nSPS) is 31.8. The van der Waals surface area contributed by atoms with E-state index in [9.17, 15) is 4.39 Å². The van der Waals surface area contributed by atoms with Gasteiger partial charge in [-0.05, 0) is 56.6 Å². The first kappa shape index (κ1) is 12.2. The fraction of sp³-hybridized carbons (Fsp3) is 0.625. The Morgan fingerprint density at radius 2 is 2.11 bits per heavy atom. The fourth-order valence-corrected chi connectivity index (χ4v) is 3.89. The van der Waals surface area contributed by atoms with Crippen molar-refractivity contribution in [3.05, 3.63) is 35.6 Å². The summed E-state index contributed by atoms with van der Waals surface area (Å²) in [7, 11) is 0. The molecule has 0 amide bonds. The second-order valence-corrected chi connectivity index (χ2v) is 6.09. The van der Waals surface area contributed by atoms with Crippen LogP contribution >= 0.6 is 0 Å². The van der Waals surface area contributed by atoms with Crippen LogP contribution < -0.4 is 5.32 Å². The Morgan fingerprint density at radius 3 is 2.78 bits per heavy atom. The maximum absolute atomic E-state index is 13.7. The first-order valence-electron chi connectivity index (χ1n) is 7.22. The molecule has 1 aromatic rings. The molecular formula is C16H22FN. The number of fused-ring (bicyclic) bond motifs is 2. The molecular weight excluding hydrogens is 225 g/mol. The van der Waals surface area contributed by atoms with Crippen LogP contribution in [0.1, 0.15) is 44.2 Å². The van der Waals surface area contributed by atoms with Gasteiger partial charge in [-0.1, -0.05) is 24.6 Å². The molecule has 18 heavy (non-hydrogen) atoms. The number of nitrogens with one attached hydrogen (secondary N) is 1. The van der Waals surface area contributed by atoms with E-state index in [1.54, 1.807) is 12.1 Å². The van der Waals surface area contributed by atoms with Crippen LogP contribution in [0.25, 0.3) is 0 Å². The summed E-state index contributed by atoms with van der Waals surface area (Å²) in [6, 6.07) is 7.21. The van der Waals surface area contributed by atoms with E-state index in [1.165, 1.54) is 25.7 Å². The molecule has 2 fully saturated rings. The minimum Gasteiger partial charge on any atom is -0.310 e. The van der Waals surface area contributed by atoms with Gasteiger partial charge in [0.1, 0.15) is 5.82 Å². The van der Waals surface area contributed by atoms with Crippen LogP contribution in [0.15, 0.2) is 24.3 Å². The summed E-state index contributed by atoms with van der Waals surface area (Å²) in [4.78, 5) is 0. The molecule has 0 aliphatic heterocycles. The van der Waals surface area contributed by atoms with Gasteiger partial charge in [0.15, 0.2) is 0 Å². The number of halogens is 1. The van der Waals surface area contributed by atoms with Gasteiger partial charge in [0.05, 0.1) is 0 Å². The zero-order valence-corrected chi connectivity index (χ0v) is 11.0. The molecule has 98 valence electrons. The lowest BCUT2D eigenvalue weighted by molar-refractivity contribution is 0.308. The fourth-order valence-electron chi connectivity index (χ4n) is 3.89. The molecule has 2 bridgehead atoms. The Labute approximate surface area is 109 Å². The molecule has 4 atom stereocenters. The number of rotatable bonds is 4. The van der Waals surface area contributed by atoms with Crippen molar-refractivity contribution in [1.82, 2.24) is 5.32 Å².